The van der Waals surface area contributed by atoms with Crippen LogP contribution in [0.15, 0.2) is 0 Å². The second-order valence-corrected chi connectivity index (χ2v) is 10.3. The van der Waals surface area contributed by atoms with E-state index < -0.39 is 0 Å². The summed E-state index contributed by atoms with van der Waals surface area (Å²) in [7, 11) is 2.11. The van der Waals surface area contributed by atoms with Crippen molar-refractivity contribution in [2.75, 3.05) is 52.9 Å². The average molecular weight is 419 g/mol. The van der Waals surface area contributed by atoms with Gasteiger partial charge in [-0.3, -0.25) is 14.4 Å². The number of likely N-dealkylation sites (tertiary alicyclic amines) is 2. The highest BCUT2D eigenvalue weighted by Crippen LogP contribution is 2.60. The van der Waals surface area contributed by atoms with Gasteiger partial charge in [-0.15, -0.1) is 0 Å². The van der Waals surface area contributed by atoms with Gasteiger partial charge in [0.25, 0.3) is 0 Å². The van der Waals surface area contributed by atoms with Crippen molar-refractivity contribution in [2.24, 2.45) is 17.3 Å². The summed E-state index contributed by atoms with van der Waals surface area (Å²) in [6.07, 6.45) is 5.62. The summed E-state index contributed by atoms with van der Waals surface area (Å²) in [5.41, 5.74) is 0.122. The first-order valence-corrected chi connectivity index (χ1v) is 11.9. The van der Waals surface area contributed by atoms with Crippen molar-refractivity contribution < 1.29 is 14.4 Å². The number of amides is 3. The first-order chi connectivity index (χ1) is 14.3. The molecule has 0 aromatic carbocycles. The highest BCUT2D eigenvalue weighted by Gasteiger charge is 2.59. The minimum absolute atomic E-state index is 0.0733. The summed E-state index contributed by atoms with van der Waals surface area (Å²) in [6.45, 7) is 9.58. The summed E-state index contributed by atoms with van der Waals surface area (Å²) < 4.78 is 0. The molecule has 7 heteroatoms. The van der Waals surface area contributed by atoms with Gasteiger partial charge in [0.15, 0.2) is 0 Å². The lowest BCUT2D eigenvalue weighted by atomic mass is 9.89. The third kappa shape index (κ3) is 4.10. The van der Waals surface area contributed by atoms with Crippen LogP contribution in [0.5, 0.6) is 0 Å². The van der Waals surface area contributed by atoms with Crippen LogP contribution in [0.25, 0.3) is 0 Å². The molecule has 0 unspecified atom stereocenters. The second-order valence-electron chi connectivity index (χ2n) is 10.3. The number of carbonyl (C=O) groups is 3. The molecule has 3 aliphatic heterocycles. The molecular weight excluding hydrogens is 380 g/mol. The Kier molecular flexibility index (Phi) is 6.11. The largest absolute Gasteiger partial charge is 0.341 e. The number of nitrogens with zero attached hydrogens (tertiary/aromatic N) is 4. The van der Waals surface area contributed by atoms with Crippen LogP contribution >= 0.6 is 0 Å². The minimum atomic E-state index is -0.287. The monoisotopic (exact) mass is 418 g/mol. The predicted molar refractivity (Wildman–Crippen MR) is 115 cm³/mol. The quantitative estimate of drug-likeness (QED) is 0.696. The Bertz CT molecular complexity index is 678. The Morgan fingerprint density at radius 1 is 0.833 bits per heavy atom. The Morgan fingerprint density at radius 3 is 2.10 bits per heavy atom. The van der Waals surface area contributed by atoms with Crippen molar-refractivity contribution >= 4 is 17.7 Å². The molecule has 0 aromatic heterocycles. The maximum atomic E-state index is 13.3. The molecule has 0 aromatic rings. The van der Waals surface area contributed by atoms with Gasteiger partial charge in [-0.25, -0.2) is 0 Å². The molecule has 0 radical (unpaired) electrons. The zero-order valence-corrected chi connectivity index (χ0v) is 18.9. The molecule has 7 nitrogen and oxygen atoms in total. The number of rotatable bonds is 3. The van der Waals surface area contributed by atoms with Gasteiger partial charge < -0.3 is 19.6 Å². The van der Waals surface area contributed by atoms with Crippen LogP contribution in [0.2, 0.25) is 0 Å². The van der Waals surface area contributed by atoms with Crippen molar-refractivity contribution in [2.45, 2.75) is 58.4 Å². The Labute approximate surface area is 180 Å². The molecule has 168 valence electrons. The van der Waals surface area contributed by atoms with Crippen LogP contribution in [-0.4, -0.2) is 96.2 Å². The van der Waals surface area contributed by atoms with Crippen molar-refractivity contribution in [1.29, 1.82) is 0 Å². The SMILES string of the molecule is CC(C)C(=O)N1CCCC[C@H]1C(=O)N1CCC2(CC1)C[C@H]2C(=O)N1CCN(C)CC1. The zero-order valence-electron chi connectivity index (χ0n) is 18.9. The fraction of sp³-hybridized carbons (Fsp3) is 0.870. The number of hydrogen-bond acceptors (Lipinski definition) is 4. The number of hydrogen-bond donors (Lipinski definition) is 0. The molecule has 1 aliphatic carbocycles. The predicted octanol–water partition coefficient (Wildman–Crippen LogP) is 1.43. The van der Waals surface area contributed by atoms with Crippen molar-refractivity contribution in [3.63, 3.8) is 0 Å². The van der Waals surface area contributed by atoms with E-state index in [1.807, 2.05) is 28.5 Å². The number of piperazine rings is 1. The lowest BCUT2D eigenvalue weighted by Crippen LogP contribution is -2.55. The molecule has 30 heavy (non-hydrogen) atoms. The summed E-state index contributed by atoms with van der Waals surface area (Å²) in [5.74, 6) is 0.647. The molecule has 3 heterocycles. The van der Waals surface area contributed by atoms with E-state index in [1.54, 1.807) is 0 Å². The van der Waals surface area contributed by atoms with Gasteiger partial charge in [0.05, 0.1) is 0 Å². The molecule has 4 fully saturated rings. The van der Waals surface area contributed by atoms with Crippen molar-refractivity contribution in [3.8, 4) is 0 Å². The number of carbonyl (C=O) groups excluding carboxylic acids is 3. The fourth-order valence-corrected chi connectivity index (χ4v) is 5.66. The lowest BCUT2D eigenvalue weighted by Gasteiger charge is -2.41. The van der Waals surface area contributed by atoms with Gasteiger partial charge in [-0.2, -0.15) is 0 Å². The van der Waals surface area contributed by atoms with Crippen molar-refractivity contribution in [1.82, 2.24) is 19.6 Å². The third-order valence-electron chi connectivity index (χ3n) is 7.94. The van der Waals surface area contributed by atoms with E-state index in [0.29, 0.717) is 12.5 Å². The van der Waals surface area contributed by atoms with E-state index in [-0.39, 0.29) is 35.1 Å². The normalized spacial score (nSPS) is 29.4. The molecule has 0 bridgehead atoms. The van der Waals surface area contributed by atoms with Gasteiger partial charge in [0, 0.05) is 57.6 Å². The first kappa shape index (κ1) is 21.6. The number of likely N-dealkylation sites (N-methyl/N-ethyl adjacent to an activating group) is 1. The highest BCUT2D eigenvalue weighted by molar-refractivity contribution is 5.89. The molecule has 3 amide bonds. The van der Waals surface area contributed by atoms with E-state index in [4.69, 9.17) is 0 Å². The molecule has 1 saturated carbocycles. The Balaban J connectivity index is 1.32. The van der Waals surface area contributed by atoms with Crippen LogP contribution in [0.1, 0.15) is 52.4 Å². The van der Waals surface area contributed by atoms with Gasteiger partial charge in [-0.1, -0.05) is 13.8 Å². The molecule has 4 rings (SSSR count). The van der Waals surface area contributed by atoms with Gasteiger partial charge in [0.1, 0.15) is 6.04 Å². The van der Waals surface area contributed by atoms with E-state index in [1.165, 1.54) is 0 Å². The third-order valence-corrected chi connectivity index (χ3v) is 7.94. The van der Waals surface area contributed by atoms with Gasteiger partial charge in [0.2, 0.25) is 17.7 Å². The summed E-state index contributed by atoms with van der Waals surface area (Å²) >= 11 is 0. The minimum Gasteiger partial charge on any atom is -0.341 e. The maximum absolute atomic E-state index is 13.3. The van der Waals surface area contributed by atoms with E-state index >= 15 is 0 Å². The van der Waals surface area contributed by atoms with Crippen molar-refractivity contribution in [3.05, 3.63) is 0 Å². The highest BCUT2D eigenvalue weighted by atomic mass is 16.2. The lowest BCUT2D eigenvalue weighted by molar-refractivity contribution is -0.150. The van der Waals surface area contributed by atoms with Gasteiger partial charge >= 0.3 is 0 Å². The molecule has 3 saturated heterocycles. The van der Waals surface area contributed by atoms with Crippen LogP contribution in [0, 0.1) is 17.3 Å². The van der Waals surface area contributed by atoms with E-state index in [0.717, 1.165) is 77.8 Å². The number of piperidine rings is 2. The van der Waals surface area contributed by atoms with Crippen LogP contribution in [0.3, 0.4) is 0 Å². The summed E-state index contributed by atoms with van der Waals surface area (Å²) in [6, 6.07) is -0.287. The molecule has 1 spiro atoms. The van der Waals surface area contributed by atoms with Crippen LogP contribution < -0.4 is 0 Å². The standard InChI is InChI=1S/C23H38N4O3/c1-17(2)20(28)27-9-5-4-6-19(27)22(30)25-10-7-23(8-11-25)16-18(23)21(29)26-14-12-24(3)13-15-26/h17-19H,4-16H2,1-3H3/t18-,19-/m0/s1. The Hall–Kier alpha value is -1.63. The fourth-order valence-electron chi connectivity index (χ4n) is 5.66. The molecule has 4 aliphatic rings. The average Bonchev–Trinajstić information content (AvgIpc) is 3.46. The zero-order chi connectivity index (χ0) is 21.5. The molecule has 2 atom stereocenters. The molecule has 0 N–H and O–H groups in total. The summed E-state index contributed by atoms with van der Waals surface area (Å²) in [5, 5.41) is 0. The van der Waals surface area contributed by atoms with Gasteiger partial charge in [-0.05, 0) is 51.0 Å². The van der Waals surface area contributed by atoms with E-state index in [9.17, 15) is 14.4 Å². The second kappa shape index (κ2) is 8.48. The van der Waals surface area contributed by atoms with Crippen LogP contribution in [-0.2, 0) is 14.4 Å². The first-order valence-electron chi connectivity index (χ1n) is 11.9. The van der Waals surface area contributed by atoms with Crippen LogP contribution in [0.4, 0.5) is 0 Å². The molecular formula is C23H38N4O3. The topological polar surface area (TPSA) is 64.2 Å². The summed E-state index contributed by atoms with van der Waals surface area (Å²) in [4.78, 5) is 47.0. The Morgan fingerprint density at radius 2 is 1.47 bits per heavy atom. The van der Waals surface area contributed by atoms with E-state index in [2.05, 4.69) is 11.9 Å². The maximum Gasteiger partial charge on any atom is 0.245 e. The smallest absolute Gasteiger partial charge is 0.245 e.